The Morgan fingerprint density at radius 3 is 2.18 bits per heavy atom. The number of aryl methyl sites for hydroxylation is 1. The molecule has 28 heavy (non-hydrogen) atoms. The standard InChI is InChI=1S/C23H31NO3.ClH/c1-6-24(7-2)15-16-27-22(25)23(26,20-11-9-8-10-12-20)21-14-13-17(3)18(4)19(21)5;/h8-14,26H,6-7,15-16H2,1-5H3;1H. The van der Waals surface area contributed by atoms with Crippen LogP contribution >= 0.6 is 12.4 Å². The summed E-state index contributed by atoms with van der Waals surface area (Å²) in [4.78, 5) is 15.3. The second-order valence-corrected chi connectivity index (χ2v) is 6.92. The van der Waals surface area contributed by atoms with E-state index in [-0.39, 0.29) is 19.0 Å². The average molecular weight is 406 g/mol. The summed E-state index contributed by atoms with van der Waals surface area (Å²) in [6, 6.07) is 12.8. The molecule has 0 radical (unpaired) electrons. The van der Waals surface area contributed by atoms with Gasteiger partial charge < -0.3 is 14.7 Å². The first-order chi connectivity index (χ1) is 12.9. The van der Waals surface area contributed by atoms with Crippen LogP contribution in [0, 0.1) is 20.8 Å². The van der Waals surface area contributed by atoms with Gasteiger partial charge in [0, 0.05) is 12.1 Å². The van der Waals surface area contributed by atoms with Crippen LogP contribution in [0.2, 0.25) is 0 Å². The molecule has 5 heteroatoms. The lowest BCUT2D eigenvalue weighted by atomic mass is 9.82. The van der Waals surface area contributed by atoms with Crippen molar-refractivity contribution in [2.24, 2.45) is 0 Å². The van der Waals surface area contributed by atoms with Crippen LogP contribution < -0.4 is 0 Å². The van der Waals surface area contributed by atoms with Crippen LogP contribution in [0.1, 0.15) is 41.7 Å². The molecule has 0 aliphatic carbocycles. The number of carbonyl (C=O) groups is 1. The molecule has 2 rings (SSSR count). The summed E-state index contributed by atoms with van der Waals surface area (Å²) in [6.45, 7) is 12.8. The molecule has 2 aromatic rings. The van der Waals surface area contributed by atoms with Gasteiger partial charge in [0.15, 0.2) is 0 Å². The fraction of sp³-hybridized carbons (Fsp3) is 0.435. The van der Waals surface area contributed by atoms with Crippen molar-refractivity contribution in [1.29, 1.82) is 0 Å². The molecule has 0 spiro atoms. The van der Waals surface area contributed by atoms with Gasteiger partial charge in [0.05, 0.1) is 0 Å². The third-order valence-electron chi connectivity index (χ3n) is 5.47. The molecule has 0 saturated carbocycles. The molecule has 0 bridgehead atoms. The maximum atomic E-state index is 13.1. The molecule has 2 aromatic carbocycles. The van der Waals surface area contributed by atoms with Crippen molar-refractivity contribution < 1.29 is 14.6 Å². The first-order valence-electron chi connectivity index (χ1n) is 9.60. The van der Waals surface area contributed by atoms with Gasteiger partial charge in [-0.3, -0.25) is 0 Å². The lowest BCUT2D eigenvalue weighted by molar-refractivity contribution is -0.162. The quantitative estimate of drug-likeness (QED) is 0.670. The second kappa shape index (κ2) is 10.6. The zero-order chi connectivity index (χ0) is 20.0. The molecule has 0 aliphatic heterocycles. The number of ether oxygens (including phenoxy) is 1. The van der Waals surface area contributed by atoms with Crippen molar-refractivity contribution in [3.05, 3.63) is 70.3 Å². The molecule has 0 amide bonds. The number of likely N-dealkylation sites (N-methyl/N-ethyl adjacent to an activating group) is 1. The minimum absolute atomic E-state index is 0. The predicted molar refractivity (Wildman–Crippen MR) is 116 cm³/mol. The van der Waals surface area contributed by atoms with Crippen LogP contribution in [0.5, 0.6) is 0 Å². The summed E-state index contributed by atoms with van der Waals surface area (Å²) in [7, 11) is 0. The van der Waals surface area contributed by atoms with Crippen molar-refractivity contribution in [2.45, 2.75) is 40.2 Å². The molecule has 4 nitrogen and oxygen atoms in total. The van der Waals surface area contributed by atoms with Gasteiger partial charge >= 0.3 is 5.97 Å². The molecule has 0 fully saturated rings. The number of carbonyl (C=O) groups excluding carboxylic acids is 1. The van der Waals surface area contributed by atoms with E-state index >= 15 is 0 Å². The number of aliphatic hydroxyl groups is 1. The monoisotopic (exact) mass is 405 g/mol. The van der Waals surface area contributed by atoms with Crippen molar-refractivity contribution in [2.75, 3.05) is 26.2 Å². The summed E-state index contributed by atoms with van der Waals surface area (Å²) < 4.78 is 5.54. The van der Waals surface area contributed by atoms with Gasteiger partial charge in [0.2, 0.25) is 5.60 Å². The predicted octanol–water partition coefficient (Wildman–Crippen LogP) is 4.15. The molecule has 154 valence electrons. The van der Waals surface area contributed by atoms with E-state index in [1.807, 2.05) is 51.1 Å². The first kappa shape index (κ1) is 24.2. The highest BCUT2D eigenvalue weighted by atomic mass is 35.5. The van der Waals surface area contributed by atoms with Gasteiger partial charge in [-0.15, -0.1) is 12.4 Å². The van der Waals surface area contributed by atoms with E-state index in [0.717, 1.165) is 29.8 Å². The Labute approximate surface area is 174 Å². The highest BCUT2D eigenvalue weighted by Crippen LogP contribution is 2.35. The number of hydrogen-bond acceptors (Lipinski definition) is 4. The van der Waals surface area contributed by atoms with E-state index in [4.69, 9.17) is 4.74 Å². The Morgan fingerprint density at radius 2 is 1.61 bits per heavy atom. The van der Waals surface area contributed by atoms with Crippen LogP contribution in [0.25, 0.3) is 0 Å². The molecule has 1 atom stereocenters. The van der Waals surface area contributed by atoms with E-state index in [2.05, 4.69) is 18.7 Å². The zero-order valence-electron chi connectivity index (χ0n) is 17.5. The van der Waals surface area contributed by atoms with Crippen molar-refractivity contribution in [3.8, 4) is 0 Å². The van der Waals surface area contributed by atoms with E-state index in [9.17, 15) is 9.90 Å². The Kier molecular flexibility index (Phi) is 9.15. The molecule has 0 heterocycles. The largest absolute Gasteiger partial charge is 0.462 e. The molecule has 0 saturated heterocycles. The Balaban J connectivity index is 0.00000392. The van der Waals surface area contributed by atoms with Crippen molar-refractivity contribution >= 4 is 18.4 Å². The van der Waals surface area contributed by atoms with Crippen LogP contribution in [0.15, 0.2) is 42.5 Å². The summed E-state index contributed by atoms with van der Waals surface area (Å²) in [5, 5.41) is 11.6. The normalized spacial score (nSPS) is 13.0. The SMILES string of the molecule is CCN(CC)CCOC(=O)C(O)(c1ccccc1)c1ccc(C)c(C)c1C.Cl. The topological polar surface area (TPSA) is 49.8 Å². The van der Waals surface area contributed by atoms with Crippen molar-refractivity contribution in [3.63, 3.8) is 0 Å². The number of hydrogen-bond donors (Lipinski definition) is 1. The summed E-state index contributed by atoms with van der Waals surface area (Å²) in [5.74, 6) is -0.632. The number of esters is 1. The minimum atomic E-state index is -1.83. The lowest BCUT2D eigenvalue weighted by Gasteiger charge is -2.30. The maximum Gasteiger partial charge on any atom is 0.347 e. The van der Waals surface area contributed by atoms with E-state index in [0.29, 0.717) is 17.7 Å². The minimum Gasteiger partial charge on any atom is -0.462 e. The summed E-state index contributed by atoms with van der Waals surface area (Å²) >= 11 is 0. The Bertz CT molecular complexity index is 775. The van der Waals surface area contributed by atoms with E-state index in [1.54, 1.807) is 12.1 Å². The molecular formula is C23H32ClNO3. The first-order valence-corrected chi connectivity index (χ1v) is 9.60. The van der Waals surface area contributed by atoms with Crippen LogP contribution in [-0.4, -0.2) is 42.2 Å². The van der Waals surface area contributed by atoms with Gasteiger partial charge in [0.1, 0.15) is 6.61 Å². The van der Waals surface area contributed by atoms with Gasteiger partial charge in [-0.2, -0.15) is 0 Å². The number of halogens is 1. The van der Waals surface area contributed by atoms with Crippen LogP contribution in [0.3, 0.4) is 0 Å². The second-order valence-electron chi connectivity index (χ2n) is 6.92. The van der Waals surface area contributed by atoms with Gasteiger partial charge in [-0.1, -0.05) is 56.3 Å². The molecule has 1 unspecified atom stereocenters. The summed E-state index contributed by atoms with van der Waals surface area (Å²) in [5.41, 5.74) is 2.36. The third kappa shape index (κ3) is 4.93. The molecule has 1 N–H and O–H groups in total. The highest BCUT2D eigenvalue weighted by molar-refractivity contribution is 5.86. The van der Waals surface area contributed by atoms with Crippen LogP contribution in [-0.2, 0) is 15.1 Å². The van der Waals surface area contributed by atoms with Crippen molar-refractivity contribution in [1.82, 2.24) is 4.90 Å². The number of benzene rings is 2. The lowest BCUT2D eigenvalue weighted by Crippen LogP contribution is -2.40. The third-order valence-corrected chi connectivity index (χ3v) is 5.47. The van der Waals surface area contributed by atoms with Gasteiger partial charge in [-0.25, -0.2) is 4.79 Å². The Morgan fingerprint density at radius 1 is 1.00 bits per heavy atom. The molecule has 0 aromatic heterocycles. The summed E-state index contributed by atoms with van der Waals surface area (Å²) in [6.07, 6.45) is 0. The van der Waals surface area contributed by atoms with E-state index in [1.165, 1.54) is 0 Å². The average Bonchev–Trinajstić information content (AvgIpc) is 2.69. The fourth-order valence-electron chi connectivity index (χ4n) is 3.32. The number of nitrogens with zero attached hydrogens (tertiary/aromatic N) is 1. The Hall–Kier alpha value is -1.88. The zero-order valence-corrected chi connectivity index (χ0v) is 18.3. The molecule has 0 aliphatic rings. The maximum absolute atomic E-state index is 13.1. The van der Waals surface area contributed by atoms with Gasteiger partial charge in [0.25, 0.3) is 0 Å². The van der Waals surface area contributed by atoms with Gasteiger partial charge in [-0.05, 0) is 56.1 Å². The highest BCUT2D eigenvalue weighted by Gasteiger charge is 2.43. The fourth-order valence-corrected chi connectivity index (χ4v) is 3.32. The van der Waals surface area contributed by atoms with Crippen LogP contribution in [0.4, 0.5) is 0 Å². The number of rotatable bonds is 8. The smallest absolute Gasteiger partial charge is 0.347 e. The van der Waals surface area contributed by atoms with E-state index < -0.39 is 11.6 Å². The molecular weight excluding hydrogens is 374 g/mol.